The van der Waals surface area contributed by atoms with E-state index in [1.165, 1.54) is 0 Å². The van der Waals surface area contributed by atoms with Gasteiger partial charge in [-0.1, -0.05) is 43.1 Å². The fourth-order valence-electron chi connectivity index (χ4n) is 2.49. The van der Waals surface area contributed by atoms with Gasteiger partial charge in [-0.25, -0.2) is 0 Å². The first-order valence-corrected chi connectivity index (χ1v) is 8.17. The van der Waals surface area contributed by atoms with Crippen molar-refractivity contribution in [2.75, 3.05) is 6.54 Å². The number of halogens is 3. The molecular formula is C16H23Cl3N2O. The predicted octanol–water partition coefficient (Wildman–Crippen LogP) is 4.15. The van der Waals surface area contributed by atoms with Crippen molar-refractivity contribution in [2.24, 2.45) is 11.7 Å². The minimum absolute atomic E-state index is 0. The van der Waals surface area contributed by atoms with E-state index in [9.17, 15) is 4.79 Å². The smallest absolute Gasteiger partial charge is 0.223 e. The largest absolute Gasteiger partial charge is 0.354 e. The molecule has 0 bridgehead atoms. The Morgan fingerprint density at radius 1 is 1.32 bits per heavy atom. The normalized spacial score (nSPS) is 20.2. The van der Waals surface area contributed by atoms with Crippen LogP contribution in [0.1, 0.15) is 44.6 Å². The number of carbonyl (C=O) groups is 1. The molecule has 0 saturated heterocycles. The second-order valence-corrected chi connectivity index (χ2v) is 6.72. The lowest BCUT2D eigenvalue weighted by molar-refractivity contribution is -0.122. The minimum Gasteiger partial charge on any atom is -0.354 e. The zero-order valence-corrected chi connectivity index (χ0v) is 15.2. The molecule has 124 valence electrons. The lowest BCUT2D eigenvalue weighted by atomic mass is 9.94. The number of nitrogens with one attached hydrogen (secondary N) is 1. The highest BCUT2D eigenvalue weighted by molar-refractivity contribution is 6.42. The van der Waals surface area contributed by atoms with E-state index in [1.54, 1.807) is 6.07 Å². The highest BCUT2D eigenvalue weighted by Gasteiger charge is 2.44. The van der Waals surface area contributed by atoms with E-state index >= 15 is 0 Å². The number of hydrogen-bond donors (Lipinski definition) is 2. The van der Waals surface area contributed by atoms with Crippen LogP contribution in [-0.4, -0.2) is 18.0 Å². The van der Waals surface area contributed by atoms with Gasteiger partial charge in [-0.3, -0.25) is 4.79 Å². The molecule has 1 aromatic rings. The second kappa shape index (κ2) is 7.87. The standard InChI is InChI=1S/C16H22Cl2N2O.ClH/c1-3-16(19,4-2)9-20-15(21)12-8-11(12)10-5-6-13(17)14(18)7-10;/h5-7,11-12H,3-4,8-9,19H2,1-2H3,(H,20,21);1H. The summed E-state index contributed by atoms with van der Waals surface area (Å²) in [6.07, 6.45) is 2.56. The van der Waals surface area contributed by atoms with Crippen LogP contribution < -0.4 is 11.1 Å². The van der Waals surface area contributed by atoms with Gasteiger partial charge in [0.05, 0.1) is 10.0 Å². The maximum Gasteiger partial charge on any atom is 0.223 e. The first kappa shape index (κ1) is 19.6. The van der Waals surface area contributed by atoms with E-state index in [2.05, 4.69) is 5.32 Å². The molecule has 0 heterocycles. The predicted molar refractivity (Wildman–Crippen MR) is 95.1 cm³/mol. The molecule has 6 heteroatoms. The maximum atomic E-state index is 12.2. The van der Waals surface area contributed by atoms with Gasteiger partial charge < -0.3 is 11.1 Å². The van der Waals surface area contributed by atoms with Crippen molar-refractivity contribution >= 4 is 41.5 Å². The van der Waals surface area contributed by atoms with Crippen molar-refractivity contribution in [3.05, 3.63) is 33.8 Å². The number of nitrogens with two attached hydrogens (primary N) is 1. The molecule has 1 aliphatic carbocycles. The van der Waals surface area contributed by atoms with Gasteiger partial charge in [-0.05, 0) is 42.9 Å². The molecule has 0 aromatic heterocycles. The summed E-state index contributed by atoms with van der Waals surface area (Å²) in [6, 6.07) is 5.58. The molecule has 2 rings (SSSR count). The van der Waals surface area contributed by atoms with Crippen LogP contribution in [0.25, 0.3) is 0 Å². The van der Waals surface area contributed by atoms with Crippen LogP contribution in [-0.2, 0) is 4.79 Å². The third-order valence-electron chi connectivity index (χ3n) is 4.52. The molecule has 22 heavy (non-hydrogen) atoms. The Labute approximate surface area is 148 Å². The van der Waals surface area contributed by atoms with Crippen molar-refractivity contribution in [1.29, 1.82) is 0 Å². The summed E-state index contributed by atoms with van der Waals surface area (Å²) < 4.78 is 0. The molecule has 3 nitrogen and oxygen atoms in total. The van der Waals surface area contributed by atoms with Crippen LogP contribution >= 0.6 is 35.6 Å². The molecule has 1 saturated carbocycles. The highest BCUT2D eigenvalue weighted by atomic mass is 35.5. The molecule has 1 amide bonds. The van der Waals surface area contributed by atoms with E-state index < -0.39 is 0 Å². The monoisotopic (exact) mass is 364 g/mol. The lowest BCUT2D eigenvalue weighted by Crippen LogP contribution is -2.49. The third kappa shape index (κ3) is 4.51. The van der Waals surface area contributed by atoms with Gasteiger partial charge in [0.1, 0.15) is 0 Å². The Balaban J connectivity index is 0.00000242. The average Bonchev–Trinajstić information content (AvgIpc) is 3.28. The van der Waals surface area contributed by atoms with E-state index in [1.807, 2.05) is 26.0 Å². The van der Waals surface area contributed by atoms with Crippen LogP contribution in [0, 0.1) is 5.92 Å². The first-order valence-electron chi connectivity index (χ1n) is 7.41. The van der Waals surface area contributed by atoms with Gasteiger partial charge in [-0.2, -0.15) is 0 Å². The van der Waals surface area contributed by atoms with Crippen molar-refractivity contribution < 1.29 is 4.79 Å². The lowest BCUT2D eigenvalue weighted by Gasteiger charge is -2.26. The molecule has 0 aliphatic heterocycles. The van der Waals surface area contributed by atoms with Crippen molar-refractivity contribution in [2.45, 2.75) is 44.6 Å². The van der Waals surface area contributed by atoms with Crippen LogP contribution in [0.2, 0.25) is 10.0 Å². The summed E-state index contributed by atoms with van der Waals surface area (Å²) in [5.74, 6) is 0.359. The number of carbonyl (C=O) groups excluding carboxylic acids is 1. The number of rotatable bonds is 6. The topological polar surface area (TPSA) is 55.1 Å². The Morgan fingerprint density at radius 2 is 1.95 bits per heavy atom. The zero-order chi connectivity index (χ0) is 15.6. The Morgan fingerprint density at radius 3 is 2.50 bits per heavy atom. The molecule has 0 spiro atoms. The fourth-order valence-corrected chi connectivity index (χ4v) is 2.80. The Bertz CT molecular complexity index is 532. The second-order valence-electron chi connectivity index (χ2n) is 5.91. The Hall–Kier alpha value is -0.480. The molecule has 0 radical (unpaired) electrons. The summed E-state index contributed by atoms with van der Waals surface area (Å²) in [5, 5.41) is 4.07. The molecule has 2 unspecified atom stereocenters. The number of amides is 1. The van der Waals surface area contributed by atoms with Crippen LogP contribution in [0.3, 0.4) is 0 Å². The molecule has 1 aliphatic rings. The molecule has 1 aromatic carbocycles. The van der Waals surface area contributed by atoms with Crippen LogP contribution in [0.15, 0.2) is 18.2 Å². The SMILES string of the molecule is CCC(N)(CC)CNC(=O)C1CC1c1ccc(Cl)c(Cl)c1.Cl. The third-order valence-corrected chi connectivity index (χ3v) is 5.26. The van der Waals surface area contributed by atoms with Crippen molar-refractivity contribution in [3.63, 3.8) is 0 Å². The van der Waals surface area contributed by atoms with Gasteiger partial charge in [-0.15, -0.1) is 12.4 Å². The minimum atomic E-state index is -0.302. The van der Waals surface area contributed by atoms with Crippen molar-refractivity contribution in [1.82, 2.24) is 5.32 Å². The first-order chi connectivity index (χ1) is 9.90. The summed E-state index contributed by atoms with van der Waals surface area (Å²) in [6.45, 7) is 4.63. The molecule has 2 atom stereocenters. The number of hydrogen-bond acceptors (Lipinski definition) is 2. The van der Waals surface area contributed by atoms with E-state index in [0.717, 1.165) is 24.8 Å². The summed E-state index contributed by atoms with van der Waals surface area (Å²) >= 11 is 11.9. The molecule has 3 N–H and O–H groups in total. The molecule has 1 fully saturated rings. The quantitative estimate of drug-likeness (QED) is 0.795. The van der Waals surface area contributed by atoms with Gasteiger partial charge in [0, 0.05) is 18.0 Å². The van der Waals surface area contributed by atoms with Gasteiger partial charge in [0.25, 0.3) is 0 Å². The van der Waals surface area contributed by atoms with Crippen LogP contribution in [0.5, 0.6) is 0 Å². The van der Waals surface area contributed by atoms with Gasteiger partial charge >= 0.3 is 0 Å². The van der Waals surface area contributed by atoms with E-state index in [-0.39, 0.29) is 35.7 Å². The van der Waals surface area contributed by atoms with Gasteiger partial charge in [0.15, 0.2) is 0 Å². The van der Waals surface area contributed by atoms with Crippen LogP contribution in [0.4, 0.5) is 0 Å². The van der Waals surface area contributed by atoms with Crippen molar-refractivity contribution in [3.8, 4) is 0 Å². The number of benzene rings is 1. The Kier molecular flexibility index (Phi) is 7.00. The summed E-state index contributed by atoms with van der Waals surface area (Å²) in [4.78, 5) is 12.2. The zero-order valence-electron chi connectivity index (χ0n) is 12.9. The molecular weight excluding hydrogens is 343 g/mol. The summed E-state index contributed by atoms with van der Waals surface area (Å²) in [7, 11) is 0. The maximum absolute atomic E-state index is 12.2. The summed E-state index contributed by atoms with van der Waals surface area (Å²) in [5.41, 5.74) is 6.98. The fraction of sp³-hybridized carbons (Fsp3) is 0.562. The van der Waals surface area contributed by atoms with E-state index in [0.29, 0.717) is 16.6 Å². The van der Waals surface area contributed by atoms with E-state index in [4.69, 9.17) is 28.9 Å². The average molecular weight is 366 g/mol. The highest BCUT2D eigenvalue weighted by Crippen LogP contribution is 2.48. The van der Waals surface area contributed by atoms with Gasteiger partial charge in [0.2, 0.25) is 5.91 Å².